The van der Waals surface area contributed by atoms with Gasteiger partial charge in [0, 0.05) is 15.2 Å². The average molecular weight is 374 g/mol. The number of aromatic amines is 2. The van der Waals surface area contributed by atoms with Gasteiger partial charge >= 0.3 is 0 Å². The molecule has 0 unspecified atom stereocenters. The minimum atomic E-state index is -0.421. The Morgan fingerprint density at radius 1 is 1.04 bits per heavy atom. The Bertz CT molecular complexity index is 1080. The van der Waals surface area contributed by atoms with Crippen LogP contribution in [-0.2, 0) is 0 Å². The van der Waals surface area contributed by atoms with E-state index >= 15 is 0 Å². The second-order valence-electron chi connectivity index (χ2n) is 5.17. The van der Waals surface area contributed by atoms with Crippen LogP contribution in [0.25, 0.3) is 33.1 Å². The van der Waals surface area contributed by atoms with Gasteiger partial charge in [-0.05, 0) is 35.5 Å². The minimum absolute atomic E-state index is 0.0879. The Morgan fingerprint density at radius 3 is 2.57 bits per heavy atom. The maximum atomic E-state index is 13.4. The summed E-state index contributed by atoms with van der Waals surface area (Å²) in [6.07, 6.45) is 0. The third kappa shape index (κ3) is 2.04. The summed E-state index contributed by atoms with van der Waals surface area (Å²) >= 11 is 3.37. The number of H-pyrrole nitrogens is 2. The number of fused-ring (bicyclic) bond motifs is 2. The number of hydrogen-bond acceptors (Lipinski definition) is 3. The van der Waals surface area contributed by atoms with Crippen molar-refractivity contribution in [1.29, 1.82) is 0 Å². The first-order chi connectivity index (χ1) is 11.1. The molecule has 0 radical (unpaired) electrons. The minimum Gasteiger partial charge on any atom is -0.494 e. The number of aromatic nitrogens is 2. The summed E-state index contributed by atoms with van der Waals surface area (Å²) in [5.74, 6) is -0.509. The Balaban J connectivity index is 2.10. The van der Waals surface area contributed by atoms with Crippen molar-refractivity contribution in [2.24, 2.45) is 5.18 Å². The van der Waals surface area contributed by atoms with Crippen LogP contribution in [0.1, 0.15) is 0 Å². The lowest BCUT2D eigenvalue weighted by atomic mass is 10.1. The van der Waals surface area contributed by atoms with Gasteiger partial charge in [0.15, 0.2) is 5.88 Å². The average Bonchev–Trinajstić information content (AvgIpc) is 3.01. The molecule has 0 bridgehead atoms. The second kappa shape index (κ2) is 4.92. The maximum Gasteiger partial charge on any atom is 0.199 e. The standard InChI is InChI=1S/C16H9BrFN3O2/c17-7-1-3-9-11(5-7)20-16(22)13(9)15-14(21-23)10-4-2-8(18)6-12(10)19-15/h1-6,19-20,22H. The number of halogens is 2. The van der Waals surface area contributed by atoms with E-state index in [0.717, 1.165) is 9.86 Å². The second-order valence-corrected chi connectivity index (χ2v) is 6.08. The van der Waals surface area contributed by atoms with E-state index in [2.05, 4.69) is 31.1 Å². The molecule has 0 aliphatic rings. The van der Waals surface area contributed by atoms with E-state index in [1.807, 2.05) is 18.2 Å². The van der Waals surface area contributed by atoms with Gasteiger partial charge in [0.1, 0.15) is 11.5 Å². The van der Waals surface area contributed by atoms with Crippen molar-refractivity contribution in [1.82, 2.24) is 9.97 Å². The van der Waals surface area contributed by atoms with Crippen LogP contribution in [0.3, 0.4) is 0 Å². The molecule has 0 aliphatic heterocycles. The molecule has 4 rings (SSSR count). The predicted octanol–water partition coefficient (Wildman–Crippen LogP) is 5.32. The fourth-order valence-electron chi connectivity index (χ4n) is 2.84. The van der Waals surface area contributed by atoms with Crippen LogP contribution in [0, 0.1) is 10.7 Å². The van der Waals surface area contributed by atoms with E-state index in [9.17, 15) is 14.4 Å². The summed E-state index contributed by atoms with van der Waals surface area (Å²) in [7, 11) is 0. The molecule has 2 aromatic carbocycles. The first-order valence-corrected chi connectivity index (χ1v) is 7.53. The molecular weight excluding hydrogens is 365 g/mol. The van der Waals surface area contributed by atoms with Gasteiger partial charge in [-0.25, -0.2) is 4.39 Å². The van der Waals surface area contributed by atoms with Crippen molar-refractivity contribution in [2.75, 3.05) is 0 Å². The molecule has 114 valence electrons. The highest BCUT2D eigenvalue weighted by Crippen LogP contribution is 2.44. The molecule has 4 aromatic rings. The van der Waals surface area contributed by atoms with Gasteiger partial charge in [-0.3, -0.25) is 0 Å². The lowest BCUT2D eigenvalue weighted by Crippen LogP contribution is -1.77. The van der Waals surface area contributed by atoms with E-state index in [-0.39, 0.29) is 11.6 Å². The zero-order chi connectivity index (χ0) is 16.1. The van der Waals surface area contributed by atoms with E-state index in [1.54, 1.807) is 0 Å². The van der Waals surface area contributed by atoms with Gasteiger partial charge in [0.2, 0.25) is 0 Å². The fourth-order valence-corrected chi connectivity index (χ4v) is 3.20. The number of benzene rings is 2. The summed E-state index contributed by atoms with van der Waals surface area (Å²) < 4.78 is 14.3. The van der Waals surface area contributed by atoms with Crippen molar-refractivity contribution in [3.63, 3.8) is 0 Å². The molecule has 2 heterocycles. The van der Waals surface area contributed by atoms with Crippen molar-refractivity contribution >= 4 is 43.4 Å². The molecule has 2 aromatic heterocycles. The molecule has 0 fully saturated rings. The highest BCUT2D eigenvalue weighted by molar-refractivity contribution is 9.10. The van der Waals surface area contributed by atoms with Crippen LogP contribution in [0.5, 0.6) is 5.88 Å². The Hall–Kier alpha value is -2.67. The SMILES string of the molecule is O=Nc1c(-c2c(O)[nH]c3cc(Br)ccc23)[nH]c2cc(F)ccc12. The van der Waals surface area contributed by atoms with Gasteiger partial charge in [-0.15, -0.1) is 4.91 Å². The number of nitrogens with zero attached hydrogens (tertiary/aromatic N) is 1. The molecule has 7 heteroatoms. The monoisotopic (exact) mass is 373 g/mol. The third-order valence-corrected chi connectivity index (χ3v) is 4.31. The van der Waals surface area contributed by atoms with Gasteiger partial charge < -0.3 is 15.1 Å². The number of aromatic hydroxyl groups is 1. The van der Waals surface area contributed by atoms with E-state index < -0.39 is 5.82 Å². The van der Waals surface area contributed by atoms with Crippen LogP contribution in [-0.4, -0.2) is 15.1 Å². The van der Waals surface area contributed by atoms with Crippen LogP contribution in [0.15, 0.2) is 46.0 Å². The summed E-state index contributed by atoms with van der Waals surface area (Å²) in [5.41, 5.74) is 2.07. The summed E-state index contributed by atoms with van der Waals surface area (Å²) in [6, 6.07) is 9.50. The van der Waals surface area contributed by atoms with Crippen LogP contribution < -0.4 is 0 Å². The summed E-state index contributed by atoms with van der Waals surface area (Å²) in [4.78, 5) is 17.2. The molecule has 0 saturated heterocycles. The van der Waals surface area contributed by atoms with E-state index in [0.29, 0.717) is 27.7 Å². The van der Waals surface area contributed by atoms with Crippen molar-refractivity contribution in [2.45, 2.75) is 0 Å². The molecule has 0 atom stereocenters. The van der Waals surface area contributed by atoms with Crippen LogP contribution in [0.4, 0.5) is 10.1 Å². The zero-order valence-electron chi connectivity index (χ0n) is 11.5. The number of nitroso groups, excluding NO2 is 1. The van der Waals surface area contributed by atoms with Gasteiger partial charge in [-0.2, -0.15) is 0 Å². The Morgan fingerprint density at radius 2 is 1.78 bits per heavy atom. The highest BCUT2D eigenvalue weighted by Gasteiger charge is 2.21. The lowest BCUT2D eigenvalue weighted by Gasteiger charge is -1.99. The summed E-state index contributed by atoms with van der Waals surface area (Å²) in [5, 5.41) is 14.6. The highest BCUT2D eigenvalue weighted by atomic mass is 79.9. The summed E-state index contributed by atoms with van der Waals surface area (Å²) in [6.45, 7) is 0. The fraction of sp³-hybridized carbons (Fsp3) is 0. The number of nitrogens with one attached hydrogen (secondary N) is 2. The molecule has 23 heavy (non-hydrogen) atoms. The van der Waals surface area contributed by atoms with Crippen molar-refractivity contribution in [3.05, 3.63) is 51.6 Å². The molecule has 0 spiro atoms. The molecule has 0 aliphatic carbocycles. The Labute approximate surface area is 137 Å². The lowest BCUT2D eigenvalue weighted by molar-refractivity contribution is 0.460. The first-order valence-electron chi connectivity index (χ1n) is 6.73. The molecule has 3 N–H and O–H groups in total. The zero-order valence-corrected chi connectivity index (χ0v) is 13.1. The number of hydrogen-bond donors (Lipinski definition) is 3. The molecular formula is C16H9BrFN3O2. The van der Waals surface area contributed by atoms with Gasteiger partial charge in [-0.1, -0.05) is 22.0 Å². The molecule has 5 nitrogen and oxygen atoms in total. The smallest absolute Gasteiger partial charge is 0.199 e. The van der Waals surface area contributed by atoms with Gasteiger partial charge in [0.05, 0.1) is 22.3 Å². The maximum absolute atomic E-state index is 13.4. The number of rotatable bonds is 2. The van der Waals surface area contributed by atoms with Crippen molar-refractivity contribution in [3.8, 4) is 17.1 Å². The first kappa shape index (κ1) is 14.0. The van der Waals surface area contributed by atoms with E-state index in [4.69, 9.17) is 0 Å². The molecule has 0 saturated carbocycles. The van der Waals surface area contributed by atoms with Gasteiger partial charge in [0.25, 0.3) is 0 Å². The predicted molar refractivity (Wildman–Crippen MR) is 90.4 cm³/mol. The van der Waals surface area contributed by atoms with Crippen LogP contribution >= 0.6 is 15.9 Å². The Kier molecular flexibility index (Phi) is 2.99. The van der Waals surface area contributed by atoms with Crippen molar-refractivity contribution < 1.29 is 9.50 Å². The van der Waals surface area contributed by atoms with Crippen LogP contribution in [0.2, 0.25) is 0 Å². The molecule has 0 amide bonds. The largest absolute Gasteiger partial charge is 0.494 e. The third-order valence-electron chi connectivity index (χ3n) is 3.82. The normalized spacial score (nSPS) is 11.4. The van der Waals surface area contributed by atoms with E-state index in [1.165, 1.54) is 18.2 Å². The topological polar surface area (TPSA) is 81.2 Å². The quantitative estimate of drug-likeness (QED) is 0.415.